The number of nitrogens with zero attached hydrogens (tertiary/aromatic N) is 1. The first-order chi connectivity index (χ1) is 13.2. The predicted octanol–water partition coefficient (Wildman–Crippen LogP) is 2.94. The zero-order valence-corrected chi connectivity index (χ0v) is 16.1. The number of morpholine rings is 1. The summed E-state index contributed by atoms with van der Waals surface area (Å²) in [6.07, 6.45) is 0. The monoisotopic (exact) mass is 368 g/mol. The second kappa shape index (κ2) is 9.65. The molecule has 1 N–H and O–H groups in total. The topological polar surface area (TPSA) is 50.8 Å². The molecule has 27 heavy (non-hydrogen) atoms. The molecule has 0 aromatic heterocycles. The van der Waals surface area contributed by atoms with Gasteiger partial charge in [0.1, 0.15) is 0 Å². The fraction of sp³-hybridized carbons (Fsp3) is 0.409. The van der Waals surface area contributed by atoms with Gasteiger partial charge in [-0.3, -0.25) is 9.69 Å². The zero-order chi connectivity index (χ0) is 19.1. The van der Waals surface area contributed by atoms with Crippen LogP contribution in [0.2, 0.25) is 0 Å². The Labute approximate surface area is 161 Å². The minimum absolute atomic E-state index is 0.0615. The molecular formula is C22H28N2O3. The zero-order valence-electron chi connectivity index (χ0n) is 16.1. The lowest BCUT2D eigenvalue weighted by molar-refractivity contribution is 0.0162. The standard InChI is InChI=1S/C22H28N2O3/c1-17-6-5-8-18(14-17)21(24-10-12-27-13-11-24)15-23-22(25)20-9-4-3-7-19(20)16-26-2/h3-9,14,21H,10-13,15-16H2,1-2H3,(H,23,25). The summed E-state index contributed by atoms with van der Waals surface area (Å²) in [5, 5.41) is 3.14. The van der Waals surface area contributed by atoms with E-state index in [2.05, 4.69) is 41.4 Å². The Morgan fingerprint density at radius 2 is 1.96 bits per heavy atom. The van der Waals surface area contributed by atoms with Crippen LogP contribution in [0.4, 0.5) is 0 Å². The summed E-state index contributed by atoms with van der Waals surface area (Å²) in [7, 11) is 1.64. The van der Waals surface area contributed by atoms with Crippen LogP contribution in [0.25, 0.3) is 0 Å². The fourth-order valence-electron chi connectivity index (χ4n) is 3.53. The van der Waals surface area contributed by atoms with E-state index >= 15 is 0 Å². The molecule has 3 rings (SSSR count). The van der Waals surface area contributed by atoms with Crippen molar-refractivity contribution in [3.05, 3.63) is 70.8 Å². The quantitative estimate of drug-likeness (QED) is 0.816. The van der Waals surface area contributed by atoms with Gasteiger partial charge in [0.2, 0.25) is 0 Å². The third-order valence-electron chi connectivity index (χ3n) is 4.93. The first-order valence-electron chi connectivity index (χ1n) is 9.42. The molecule has 0 aliphatic carbocycles. The van der Waals surface area contributed by atoms with E-state index in [9.17, 15) is 4.79 Å². The molecular weight excluding hydrogens is 340 g/mol. The highest BCUT2D eigenvalue weighted by Crippen LogP contribution is 2.22. The Morgan fingerprint density at radius 3 is 2.70 bits per heavy atom. The summed E-state index contributed by atoms with van der Waals surface area (Å²) < 4.78 is 10.7. The summed E-state index contributed by atoms with van der Waals surface area (Å²) in [6.45, 7) is 6.28. The van der Waals surface area contributed by atoms with Gasteiger partial charge in [-0.2, -0.15) is 0 Å². The normalized spacial score (nSPS) is 16.1. The number of carbonyl (C=O) groups is 1. The van der Waals surface area contributed by atoms with Crippen LogP contribution in [0.1, 0.15) is 33.1 Å². The lowest BCUT2D eigenvalue weighted by Crippen LogP contribution is -2.44. The largest absolute Gasteiger partial charge is 0.380 e. The second-order valence-electron chi connectivity index (χ2n) is 6.88. The molecule has 2 aromatic carbocycles. The van der Waals surface area contributed by atoms with Crippen LogP contribution >= 0.6 is 0 Å². The highest BCUT2D eigenvalue weighted by molar-refractivity contribution is 5.95. The molecule has 0 saturated carbocycles. The maximum absolute atomic E-state index is 12.8. The number of benzene rings is 2. The highest BCUT2D eigenvalue weighted by Gasteiger charge is 2.23. The van der Waals surface area contributed by atoms with E-state index in [1.807, 2.05) is 24.3 Å². The number of rotatable bonds is 7. The van der Waals surface area contributed by atoms with E-state index < -0.39 is 0 Å². The second-order valence-corrected chi connectivity index (χ2v) is 6.88. The summed E-state index contributed by atoms with van der Waals surface area (Å²) >= 11 is 0. The molecule has 0 radical (unpaired) electrons. The Hall–Kier alpha value is -2.21. The molecule has 1 saturated heterocycles. The van der Waals surface area contributed by atoms with Gasteiger partial charge >= 0.3 is 0 Å². The summed E-state index contributed by atoms with van der Waals surface area (Å²) in [4.78, 5) is 15.2. The SMILES string of the molecule is COCc1ccccc1C(=O)NCC(c1cccc(C)c1)N1CCOCC1. The Morgan fingerprint density at radius 1 is 1.19 bits per heavy atom. The molecule has 1 unspecified atom stereocenters. The number of nitrogens with one attached hydrogen (secondary N) is 1. The van der Waals surface area contributed by atoms with Gasteiger partial charge in [0.25, 0.3) is 5.91 Å². The third kappa shape index (κ3) is 5.16. The van der Waals surface area contributed by atoms with Crippen LogP contribution in [0.5, 0.6) is 0 Å². The Balaban J connectivity index is 1.75. The molecule has 5 nitrogen and oxygen atoms in total. The van der Waals surface area contributed by atoms with Gasteiger partial charge in [0.15, 0.2) is 0 Å². The lowest BCUT2D eigenvalue weighted by Gasteiger charge is -2.35. The van der Waals surface area contributed by atoms with E-state index in [1.165, 1.54) is 11.1 Å². The maximum Gasteiger partial charge on any atom is 0.251 e. The molecule has 0 bridgehead atoms. The molecule has 144 valence electrons. The van der Waals surface area contributed by atoms with Crippen molar-refractivity contribution in [3.63, 3.8) is 0 Å². The average molecular weight is 368 g/mol. The molecule has 1 aliphatic heterocycles. The lowest BCUT2D eigenvalue weighted by atomic mass is 10.0. The van der Waals surface area contributed by atoms with Crippen LogP contribution in [0, 0.1) is 6.92 Å². The summed E-state index contributed by atoms with van der Waals surface area (Å²) in [5.74, 6) is -0.0615. The molecule has 1 aliphatic rings. The van der Waals surface area contributed by atoms with Crippen molar-refractivity contribution >= 4 is 5.91 Å². The van der Waals surface area contributed by atoms with E-state index in [0.717, 1.165) is 31.9 Å². The first kappa shape index (κ1) is 19.5. The van der Waals surface area contributed by atoms with Crippen molar-refractivity contribution in [3.8, 4) is 0 Å². The first-order valence-corrected chi connectivity index (χ1v) is 9.42. The summed E-state index contributed by atoms with van der Waals surface area (Å²) in [6, 6.07) is 16.2. The number of ether oxygens (including phenoxy) is 2. The molecule has 5 heteroatoms. The number of aryl methyl sites for hydroxylation is 1. The van der Waals surface area contributed by atoms with Gasteiger partial charge < -0.3 is 14.8 Å². The van der Waals surface area contributed by atoms with Gasteiger partial charge in [-0.15, -0.1) is 0 Å². The molecule has 1 heterocycles. The van der Waals surface area contributed by atoms with Gasteiger partial charge in [-0.25, -0.2) is 0 Å². The number of methoxy groups -OCH3 is 1. The van der Waals surface area contributed by atoms with E-state index in [4.69, 9.17) is 9.47 Å². The Bertz CT molecular complexity index is 757. The fourth-order valence-corrected chi connectivity index (χ4v) is 3.53. The smallest absolute Gasteiger partial charge is 0.251 e. The molecule has 0 spiro atoms. The van der Waals surface area contributed by atoms with E-state index in [0.29, 0.717) is 18.7 Å². The van der Waals surface area contributed by atoms with Crippen LogP contribution in [0.15, 0.2) is 48.5 Å². The van der Waals surface area contributed by atoms with Crippen LogP contribution < -0.4 is 5.32 Å². The molecule has 1 atom stereocenters. The number of amides is 1. The van der Waals surface area contributed by atoms with E-state index in [1.54, 1.807) is 7.11 Å². The van der Waals surface area contributed by atoms with Crippen molar-refractivity contribution in [1.82, 2.24) is 10.2 Å². The molecule has 2 aromatic rings. The predicted molar refractivity (Wildman–Crippen MR) is 106 cm³/mol. The van der Waals surface area contributed by atoms with Crippen LogP contribution in [-0.2, 0) is 16.1 Å². The van der Waals surface area contributed by atoms with Gasteiger partial charge in [0, 0.05) is 32.3 Å². The number of hydrogen-bond donors (Lipinski definition) is 1. The number of carbonyl (C=O) groups excluding carboxylic acids is 1. The Kier molecular flexibility index (Phi) is 6.98. The number of hydrogen-bond acceptors (Lipinski definition) is 4. The van der Waals surface area contributed by atoms with Gasteiger partial charge in [-0.05, 0) is 24.1 Å². The molecule has 1 amide bonds. The maximum atomic E-state index is 12.8. The van der Waals surface area contributed by atoms with Crippen LogP contribution in [0.3, 0.4) is 0 Å². The summed E-state index contributed by atoms with van der Waals surface area (Å²) in [5.41, 5.74) is 4.02. The van der Waals surface area contributed by atoms with Crippen molar-refractivity contribution in [1.29, 1.82) is 0 Å². The van der Waals surface area contributed by atoms with Crippen molar-refractivity contribution in [2.24, 2.45) is 0 Å². The van der Waals surface area contributed by atoms with Crippen molar-refractivity contribution in [2.45, 2.75) is 19.6 Å². The van der Waals surface area contributed by atoms with Gasteiger partial charge in [-0.1, -0.05) is 48.0 Å². The average Bonchev–Trinajstić information content (AvgIpc) is 2.69. The van der Waals surface area contributed by atoms with Crippen molar-refractivity contribution in [2.75, 3.05) is 40.0 Å². The third-order valence-corrected chi connectivity index (χ3v) is 4.93. The minimum Gasteiger partial charge on any atom is -0.380 e. The van der Waals surface area contributed by atoms with Crippen molar-refractivity contribution < 1.29 is 14.3 Å². The van der Waals surface area contributed by atoms with Gasteiger partial charge in [0.05, 0.1) is 25.9 Å². The minimum atomic E-state index is -0.0615. The highest BCUT2D eigenvalue weighted by atomic mass is 16.5. The van der Waals surface area contributed by atoms with Crippen LogP contribution in [-0.4, -0.2) is 50.8 Å². The van der Waals surface area contributed by atoms with E-state index in [-0.39, 0.29) is 11.9 Å². The molecule has 1 fully saturated rings.